The standard InChI is InChI=1S/C14H21N3O/c1-10(15)11-6-8-17(9-7-11)13-4-2-12(3-5-13)14(16)18/h2-5,10-11H,6-9,15H2,1H3,(H2,16,18). The van der Waals surface area contributed by atoms with Gasteiger partial charge in [-0.25, -0.2) is 0 Å². The maximum absolute atomic E-state index is 11.0. The number of hydrogen-bond donors (Lipinski definition) is 2. The molecule has 4 N–H and O–H groups in total. The molecular weight excluding hydrogens is 226 g/mol. The maximum atomic E-state index is 11.0. The van der Waals surface area contributed by atoms with Gasteiger partial charge in [0.1, 0.15) is 0 Å². The molecule has 1 aromatic carbocycles. The molecule has 4 nitrogen and oxygen atoms in total. The Hall–Kier alpha value is -1.55. The van der Waals surface area contributed by atoms with Gasteiger partial charge in [0.25, 0.3) is 0 Å². The first kappa shape index (κ1) is 12.9. The minimum Gasteiger partial charge on any atom is -0.372 e. The number of rotatable bonds is 3. The molecule has 1 heterocycles. The van der Waals surface area contributed by atoms with Crippen LogP contribution >= 0.6 is 0 Å². The van der Waals surface area contributed by atoms with Crippen molar-refractivity contribution in [1.82, 2.24) is 0 Å². The molecule has 1 unspecified atom stereocenters. The molecule has 0 aliphatic carbocycles. The summed E-state index contributed by atoms with van der Waals surface area (Å²) in [7, 11) is 0. The predicted molar refractivity (Wildman–Crippen MR) is 73.5 cm³/mol. The third kappa shape index (κ3) is 2.82. The molecule has 1 aliphatic rings. The Morgan fingerprint density at radius 1 is 1.28 bits per heavy atom. The molecule has 1 aliphatic heterocycles. The lowest BCUT2D eigenvalue weighted by Gasteiger charge is -2.35. The van der Waals surface area contributed by atoms with Gasteiger partial charge in [0.2, 0.25) is 5.91 Å². The monoisotopic (exact) mass is 247 g/mol. The quantitative estimate of drug-likeness (QED) is 0.847. The van der Waals surface area contributed by atoms with Crippen LogP contribution < -0.4 is 16.4 Å². The highest BCUT2D eigenvalue weighted by molar-refractivity contribution is 5.93. The minimum atomic E-state index is -0.378. The summed E-state index contributed by atoms with van der Waals surface area (Å²) in [6.45, 7) is 4.15. The molecule has 1 fully saturated rings. The number of piperidine rings is 1. The second kappa shape index (κ2) is 5.40. The summed E-state index contributed by atoms with van der Waals surface area (Å²) in [5.74, 6) is 0.253. The van der Waals surface area contributed by atoms with Crippen LogP contribution in [0, 0.1) is 5.92 Å². The second-order valence-corrected chi connectivity index (χ2v) is 5.09. The molecule has 1 atom stereocenters. The highest BCUT2D eigenvalue weighted by Crippen LogP contribution is 2.24. The molecule has 18 heavy (non-hydrogen) atoms. The molecule has 0 bridgehead atoms. The summed E-state index contributed by atoms with van der Waals surface area (Å²) >= 11 is 0. The van der Waals surface area contributed by atoms with Gasteiger partial charge >= 0.3 is 0 Å². The maximum Gasteiger partial charge on any atom is 0.248 e. The molecule has 0 aromatic heterocycles. The van der Waals surface area contributed by atoms with Crippen molar-refractivity contribution in [2.24, 2.45) is 17.4 Å². The van der Waals surface area contributed by atoms with Gasteiger partial charge in [-0.2, -0.15) is 0 Å². The number of benzene rings is 1. The lowest BCUT2D eigenvalue weighted by Crippen LogP contribution is -2.39. The van der Waals surface area contributed by atoms with Crippen LogP contribution in [-0.4, -0.2) is 25.0 Å². The van der Waals surface area contributed by atoms with Crippen molar-refractivity contribution in [3.05, 3.63) is 29.8 Å². The van der Waals surface area contributed by atoms with E-state index in [9.17, 15) is 4.79 Å². The van der Waals surface area contributed by atoms with Crippen LogP contribution in [-0.2, 0) is 0 Å². The number of carbonyl (C=O) groups is 1. The molecule has 0 radical (unpaired) electrons. The van der Waals surface area contributed by atoms with Crippen molar-refractivity contribution in [2.45, 2.75) is 25.8 Å². The van der Waals surface area contributed by atoms with E-state index in [1.54, 1.807) is 12.1 Å². The van der Waals surface area contributed by atoms with E-state index in [0.717, 1.165) is 31.6 Å². The number of nitrogens with two attached hydrogens (primary N) is 2. The average Bonchev–Trinajstić information content (AvgIpc) is 2.39. The summed E-state index contributed by atoms with van der Waals surface area (Å²) < 4.78 is 0. The molecule has 0 saturated carbocycles. The summed E-state index contributed by atoms with van der Waals surface area (Å²) in [4.78, 5) is 13.3. The number of primary amides is 1. The van der Waals surface area contributed by atoms with Crippen LogP contribution in [0.25, 0.3) is 0 Å². The summed E-state index contributed by atoms with van der Waals surface area (Å²) in [5, 5.41) is 0. The summed E-state index contributed by atoms with van der Waals surface area (Å²) in [6.07, 6.45) is 2.27. The van der Waals surface area contributed by atoms with E-state index in [4.69, 9.17) is 11.5 Å². The summed E-state index contributed by atoms with van der Waals surface area (Å²) in [6, 6.07) is 7.79. The van der Waals surface area contributed by atoms with Gasteiger partial charge in [-0.3, -0.25) is 4.79 Å². The highest BCUT2D eigenvalue weighted by atomic mass is 16.1. The third-order valence-corrected chi connectivity index (χ3v) is 3.80. The number of carbonyl (C=O) groups excluding carboxylic acids is 1. The van der Waals surface area contributed by atoms with Crippen molar-refractivity contribution >= 4 is 11.6 Å². The first-order valence-electron chi connectivity index (χ1n) is 6.48. The largest absolute Gasteiger partial charge is 0.372 e. The van der Waals surface area contributed by atoms with Crippen LogP contribution in [0.1, 0.15) is 30.1 Å². The fraction of sp³-hybridized carbons (Fsp3) is 0.500. The van der Waals surface area contributed by atoms with E-state index in [1.165, 1.54) is 0 Å². The Morgan fingerprint density at radius 2 is 1.83 bits per heavy atom. The molecule has 1 aromatic rings. The zero-order chi connectivity index (χ0) is 13.1. The van der Waals surface area contributed by atoms with Crippen LogP contribution in [0.15, 0.2) is 24.3 Å². The van der Waals surface area contributed by atoms with Crippen LogP contribution in [0.2, 0.25) is 0 Å². The van der Waals surface area contributed by atoms with Crippen molar-refractivity contribution in [3.63, 3.8) is 0 Å². The zero-order valence-corrected chi connectivity index (χ0v) is 10.8. The Morgan fingerprint density at radius 3 is 2.28 bits per heavy atom. The normalized spacial score (nSPS) is 18.7. The Labute approximate surface area is 108 Å². The van der Waals surface area contributed by atoms with Gasteiger partial charge in [-0.05, 0) is 49.9 Å². The van der Waals surface area contributed by atoms with Gasteiger partial charge in [-0.15, -0.1) is 0 Å². The molecule has 98 valence electrons. The minimum absolute atomic E-state index is 0.282. The molecule has 0 spiro atoms. The van der Waals surface area contributed by atoms with Gasteiger partial charge in [-0.1, -0.05) is 0 Å². The molecule has 1 amide bonds. The van der Waals surface area contributed by atoms with Crippen molar-refractivity contribution in [3.8, 4) is 0 Å². The van der Waals surface area contributed by atoms with E-state index in [2.05, 4.69) is 11.8 Å². The van der Waals surface area contributed by atoms with E-state index in [1.807, 2.05) is 12.1 Å². The van der Waals surface area contributed by atoms with E-state index in [-0.39, 0.29) is 11.9 Å². The van der Waals surface area contributed by atoms with Gasteiger partial charge in [0.15, 0.2) is 0 Å². The van der Waals surface area contributed by atoms with Gasteiger partial charge < -0.3 is 16.4 Å². The van der Waals surface area contributed by atoms with Crippen LogP contribution in [0.3, 0.4) is 0 Å². The van der Waals surface area contributed by atoms with Crippen molar-refractivity contribution in [2.75, 3.05) is 18.0 Å². The van der Waals surface area contributed by atoms with Crippen molar-refractivity contribution < 1.29 is 4.79 Å². The first-order valence-corrected chi connectivity index (χ1v) is 6.48. The van der Waals surface area contributed by atoms with Crippen LogP contribution in [0.5, 0.6) is 0 Å². The SMILES string of the molecule is CC(N)C1CCN(c2ccc(C(N)=O)cc2)CC1. The second-order valence-electron chi connectivity index (χ2n) is 5.09. The molecular formula is C14H21N3O. The first-order chi connectivity index (χ1) is 8.58. The third-order valence-electron chi connectivity index (χ3n) is 3.80. The fourth-order valence-corrected chi connectivity index (χ4v) is 2.52. The Balaban J connectivity index is 1.99. The van der Waals surface area contributed by atoms with E-state index in [0.29, 0.717) is 11.5 Å². The molecule has 2 rings (SSSR count). The van der Waals surface area contributed by atoms with E-state index < -0.39 is 0 Å². The van der Waals surface area contributed by atoms with Gasteiger partial charge in [0.05, 0.1) is 0 Å². The summed E-state index contributed by atoms with van der Waals surface area (Å²) in [5.41, 5.74) is 12.9. The Bertz CT molecular complexity index is 406. The topological polar surface area (TPSA) is 72.3 Å². The number of anilines is 1. The zero-order valence-electron chi connectivity index (χ0n) is 10.8. The number of hydrogen-bond acceptors (Lipinski definition) is 3. The lowest BCUT2D eigenvalue weighted by atomic mass is 9.90. The fourth-order valence-electron chi connectivity index (χ4n) is 2.52. The van der Waals surface area contributed by atoms with Gasteiger partial charge in [0, 0.05) is 30.4 Å². The van der Waals surface area contributed by atoms with Crippen molar-refractivity contribution in [1.29, 1.82) is 0 Å². The van der Waals surface area contributed by atoms with E-state index >= 15 is 0 Å². The predicted octanol–water partition coefficient (Wildman–Crippen LogP) is 1.35. The Kier molecular flexibility index (Phi) is 3.87. The molecule has 1 saturated heterocycles. The van der Waals surface area contributed by atoms with Crippen LogP contribution in [0.4, 0.5) is 5.69 Å². The lowest BCUT2D eigenvalue weighted by molar-refractivity contribution is 0.100. The smallest absolute Gasteiger partial charge is 0.248 e. The number of amides is 1. The molecule has 4 heteroatoms. The number of nitrogens with zero attached hydrogens (tertiary/aromatic N) is 1. The highest BCUT2D eigenvalue weighted by Gasteiger charge is 2.21. The average molecular weight is 247 g/mol.